The Bertz CT molecular complexity index is 448. The number of carbonyl (C=O) groups excluding carboxylic acids is 1. The molecule has 3 rings (SSSR count). The van der Waals surface area contributed by atoms with Crippen LogP contribution in [-0.4, -0.2) is 34.8 Å². The lowest BCUT2D eigenvalue weighted by Gasteiger charge is -2.23. The van der Waals surface area contributed by atoms with Gasteiger partial charge in [0.25, 0.3) is 0 Å². The smallest absolute Gasteiger partial charge is 0.410 e. The van der Waals surface area contributed by atoms with Crippen molar-refractivity contribution in [1.82, 2.24) is 4.90 Å². The van der Waals surface area contributed by atoms with E-state index in [1.807, 2.05) is 35.2 Å². The zero-order valence-electron chi connectivity index (χ0n) is 10.9. The molecule has 3 unspecified atom stereocenters. The molecule has 4 nitrogen and oxygen atoms in total. The average molecular weight is 261 g/mol. The minimum Gasteiger partial charge on any atom is -0.445 e. The van der Waals surface area contributed by atoms with Crippen LogP contribution in [0.3, 0.4) is 0 Å². The zero-order chi connectivity index (χ0) is 13.2. The van der Waals surface area contributed by atoms with Crippen LogP contribution in [0, 0.1) is 5.92 Å². The molecule has 2 heterocycles. The number of aliphatic hydroxyl groups is 1. The molecule has 1 amide bonds. The summed E-state index contributed by atoms with van der Waals surface area (Å²) < 4.78 is 5.39. The van der Waals surface area contributed by atoms with Crippen LogP contribution in [0.15, 0.2) is 30.3 Å². The lowest BCUT2D eigenvalue weighted by Crippen LogP contribution is -2.37. The van der Waals surface area contributed by atoms with E-state index in [9.17, 15) is 9.90 Å². The molecule has 1 N–H and O–H groups in total. The molecule has 0 spiro atoms. The highest BCUT2D eigenvalue weighted by molar-refractivity contribution is 5.69. The van der Waals surface area contributed by atoms with Crippen LogP contribution in [0.2, 0.25) is 0 Å². The third kappa shape index (κ3) is 2.32. The van der Waals surface area contributed by atoms with Crippen LogP contribution in [0.1, 0.15) is 24.8 Å². The predicted octanol–water partition coefficient (Wildman–Crippen LogP) is 2.17. The van der Waals surface area contributed by atoms with E-state index in [4.69, 9.17) is 4.74 Å². The lowest BCUT2D eigenvalue weighted by molar-refractivity contribution is 0.0858. The van der Waals surface area contributed by atoms with Crippen LogP contribution in [0.4, 0.5) is 4.79 Å². The van der Waals surface area contributed by atoms with E-state index < -0.39 is 0 Å². The number of amides is 1. The topological polar surface area (TPSA) is 49.8 Å². The summed E-state index contributed by atoms with van der Waals surface area (Å²) in [4.78, 5) is 14.0. The molecule has 2 bridgehead atoms. The summed E-state index contributed by atoms with van der Waals surface area (Å²) in [5, 5.41) is 9.32. The number of fused-ring (bicyclic) bond motifs is 2. The molecule has 0 saturated carbocycles. The molecule has 1 aromatic rings. The summed E-state index contributed by atoms with van der Waals surface area (Å²) in [5.41, 5.74) is 1.00. The van der Waals surface area contributed by atoms with Gasteiger partial charge in [-0.2, -0.15) is 0 Å². The van der Waals surface area contributed by atoms with E-state index >= 15 is 0 Å². The zero-order valence-corrected chi connectivity index (χ0v) is 10.9. The summed E-state index contributed by atoms with van der Waals surface area (Å²) in [7, 11) is 0. The van der Waals surface area contributed by atoms with Crippen molar-refractivity contribution in [3.8, 4) is 0 Å². The second-order valence-electron chi connectivity index (χ2n) is 5.42. The number of hydrogen-bond acceptors (Lipinski definition) is 3. The van der Waals surface area contributed by atoms with Crippen LogP contribution in [0.25, 0.3) is 0 Å². The highest BCUT2D eigenvalue weighted by Crippen LogP contribution is 2.41. The number of nitrogens with zero attached hydrogens (tertiary/aromatic N) is 1. The van der Waals surface area contributed by atoms with Crippen molar-refractivity contribution in [1.29, 1.82) is 0 Å². The van der Waals surface area contributed by atoms with E-state index in [1.165, 1.54) is 0 Å². The number of benzene rings is 1. The third-order valence-corrected chi connectivity index (χ3v) is 4.32. The molecule has 1 aromatic carbocycles. The van der Waals surface area contributed by atoms with E-state index in [1.54, 1.807) is 0 Å². The fraction of sp³-hybridized carbons (Fsp3) is 0.533. The number of aliphatic hydroxyl groups excluding tert-OH is 1. The Hall–Kier alpha value is -1.55. The second kappa shape index (κ2) is 5.21. The van der Waals surface area contributed by atoms with Crippen molar-refractivity contribution in [3.05, 3.63) is 35.9 Å². The van der Waals surface area contributed by atoms with Crippen molar-refractivity contribution < 1.29 is 14.6 Å². The van der Waals surface area contributed by atoms with Gasteiger partial charge in [-0.25, -0.2) is 4.79 Å². The maximum Gasteiger partial charge on any atom is 0.410 e. The highest BCUT2D eigenvalue weighted by atomic mass is 16.6. The highest BCUT2D eigenvalue weighted by Gasteiger charge is 2.48. The van der Waals surface area contributed by atoms with E-state index in [0.717, 1.165) is 24.8 Å². The quantitative estimate of drug-likeness (QED) is 0.907. The molecule has 2 fully saturated rings. The summed E-state index contributed by atoms with van der Waals surface area (Å²) >= 11 is 0. The Labute approximate surface area is 113 Å². The molecule has 3 atom stereocenters. The largest absolute Gasteiger partial charge is 0.445 e. The molecule has 2 saturated heterocycles. The fourth-order valence-electron chi connectivity index (χ4n) is 3.39. The van der Waals surface area contributed by atoms with Gasteiger partial charge < -0.3 is 14.7 Å². The van der Waals surface area contributed by atoms with Gasteiger partial charge in [0.05, 0.1) is 0 Å². The Balaban J connectivity index is 1.59. The van der Waals surface area contributed by atoms with E-state index in [2.05, 4.69) is 0 Å². The number of rotatable bonds is 3. The second-order valence-corrected chi connectivity index (χ2v) is 5.42. The molecule has 0 aromatic heterocycles. The molecule has 2 aliphatic heterocycles. The monoisotopic (exact) mass is 261 g/mol. The van der Waals surface area contributed by atoms with E-state index in [0.29, 0.717) is 6.61 Å². The van der Waals surface area contributed by atoms with Crippen molar-refractivity contribution in [2.24, 2.45) is 5.92 Å². The molecule has 19 heavy (non-hydrogen) atoms. The first-order valence-corrected chi connectivity index (χ1v) is 6.89. The summed E-state index contributed by atoms with van der Waals surface area (Å²) in [6.07, 6.45) is 2.73. The van der Waals surface area contributed by atoms with Gasteiger partial charge in [-0.3, -0.25) is 0 Å². The first kappa shape index (κ1) is 12.5. The van der Waals surface area contributed by atoms with Gasteiger partial charge in [-0.05, 0) is 24.8 Å². The predicted molar refractivity (Wildman–Crippen MR) is 70.5 cm³/mol. The van der Waals surface area contributed by atoms with Gasteiger partial charge in [0.2, 0.25) is 0 Å². The van der Waals surface area contributed by atoms with Gasteiger partial charge in [0, 0.05) is 24.6 Å². The standard InChI is InChI=1S/C15H19NO3/c17-9-12-8-13-6-7-14(12)16(13)15(18)19-10-11-4-2-1-3-5-11/h1-5,12-14,17H,6-10H2. The average Bonchev–Trinajstić information content (AvgIpc) is 3.03. The molecule has 4 heteroatoms. The molecule has 0 aliphatic carbocycles. The van der Waals surface area contributed by atoms with Crippen molar-refractivity contribution in [2.45, 2.75) is 38.0 Å². The lowest BCUT2D eigenvalue weighted by atomic mass is 9.90. The molecule has 2 aliphatic rings. The van der Waals surface area contributed by atoms with Crippen molar-refractivity contribution in [2.75, 3.05) is 6.61 Å². The van der Waals surface area contributed by atoms with Gasteiger partial charge in [0.1, 0.15) is 6.61 Å². The molecular weight excluding hydrogens is 242 g/mol. The van der Waals surface area contributed by atoms with E-state index in [-0.39, 0.29) is 30.7 Å². The maximum absolute atomic E-state index is 12.2. The molecule has 0 radical (unpaired) electrons. The van der Waals surface area contributed by atoms with Crippen LogP contribution >= 0.6 is 0 Å². The normalized spacial score (nSPS) is 28.7. The van der Waals surface area contributed by atoms with Gasteiger partial charge in [-0.1, -0.05) is 30.3 Å². The van der Waals surface area contributed by atoms with Crippen molar-refractivity contribution in [3.63, 3.8) is 0 Å². The summed E-state index contributed by atoms with van der Waals surface area (Å²) in [5.74, 6) is 0.239. The van der Waals surface area contributed by atoms with Crippen molar-refractivity contribution >= 4 is 6.09 Å². The van der Waals surface area contributed by atoms with Gasteiger partial charge in [0.15, 0.2) is 0 Å². The SMILES string of the molecule is O=C(OCc1ccccc1)N1C2CCC1C(CO)C2. The summed E-state index contributed by atoms with van der Waals surface area (Å²) in [6, 6.07) is 10.2. The van der Waals surface area contributed by atoms with Crippen LogP contribution in [-0.2, 0) is 11.3 Å². The van der Waals surface area contributed by atoms with Gasteiger partial charge in [-0.15, -0.1) is 0 Å². The van der Waals surface area contributed by atoms with Crippen LogP contribution < -0.4 is 0 Å². The Morgan fingerprint density at radius 3 is 2.79 bits per heavy atom. The Kier molecular flexibility index (Phi) is 3.42. The van der Waals surface area contributed by atoms with Crippen LogP contribution in [0.5, 0.6) is 0 Å². The summed E-state index contributed by atoms with van der Waals surface area (Å²) in [6.45, 7) is 0.489. The first-order chi connectivity index (χ1) is 9.29. The van der Waals surface area contributed by atoms with Gasteiger partial charge >= 0.3 is 6.09 Å². The molecule has 102 valence electrons. The fourth-order valence-corrected chi connectivity index (χ4v) is 3.39. The Morgan fingerprint density at radius 2 is 2.11 bits per heavy atom. The molecular formula is C15H19NO3. The number of hydrogen-bond donors (Lipinski definition) is 1. The third-order valence-electron chi connectivity index (χ3n) is 4.32. The first-order valence-electron chi connectivity index (χ1n) is 6.89. The minimum absolute atomic E-state index is 0.170. The minimum atomic E-state index is -0.229. The number of carbonyl (C=O) groups is 1. The maximum atomic E-state index is 12.2. The number of ether oxygens (including phenoxy) is 1. The Morgan fingerprint density at radius 1 is 1.32 bits per heavy atom.